The Hall–Kier alpha value is -1.88. The summed E-state index contributed by atoms with van der Waals surface area (Å²) in [7, 11) is 1.66. The van der Waals surface area contributed by atoms with Crippen molar-refractivity contribution in [1.82, 2.24) is 5.32 Å². The Morgan fingerprint density at radius 3 is 2.29 bits per heavy atom. The van der Waals surface area contributed by atoms with E-state index in [0.717, 1.165) is 12.1 Å². The monoisotopic (exact) mass is 297 g/mol. The lowest BCUT2D eigenvalue weighted by atomic mass is 9.98. The first-order chi connectivity index (χ1) is 10.0. The molecule has 112 valence electrons. The van der Waals surface area contributed by atoms with Crippen LogP contribution in [0.5, 0.6) is 0 Å². The topological polar surface area (TPSA) is 12.0 Å². The molecule has 2 rings (SSSR count). The molecule has 0 bridgehead atoms. The summed E-state index contributed by atoms with van der Waals surface area (Å²) in [6, 6.07) is 7.02. The van der Waals surface area contributed by atoms with Crippen LogP contribution in [0.2, 0.25) is 0 Å². The molecule has 0 radical (unpaired) electrons. The summed E-state index contributed by atoms with van der Waals surface area (Å²) in [5, 5.41) is 2.94. The van der Waals surface area contributed by atoms with Crippen molar-refractivity contribution < 1.29 is 17.6 Å². The normalized spacial score (nSPS) is 12.4. The summed E-state index contributed by atoms with van der Waals surface area (Å²) in [6.07, 6.45) is 0.454. The molecule has 1 atom stereocenters. The molecule has 0 aliphatic heterocycles. The van der Waals surface area contributed by atoms with Crippen LogP contribution >= 0.6 is 0 Å². The molecule has 1 nitrogen and oxygen atoms in total. The van der Waals surface area contributed by atoms with Gasteiger partial charge in [0.1, 0.15) is 11.6 Å². The van der Waals surface area contributed by atoms with E-state index in [1.165, 1.54) is 24.3 Å². The molecule has 0 aliphatic carbocycles. The first kappa shape index (κ1) is 15.5. The molecule has 0 spiro atoms. The van der Waals surface area contributed by atoms with E-state index in [0.29, 0.717) is 5.56 Å². The average molecular weight is 297 g/mol. The van der Waals surface area contributed by atoms with Gasteiger partial charge in [-0.15, -0.1) is 0 Å². The van der Waals surface area contributed by atoms with Crippen LogP contribution in [0.25, 0.3) is 0 Å². The van der Waals surface area contributed by atoms with Gasteiger partial charge >= 0.3 is 0 Å². The van der Waals surface area contributed by atoms with Crippen LogP contribution in [0.15, 0.2) is 36.4 Å². The van der Waals surface area contributed by atoms with E-state index in [9.17, 15) is 17.6 Å². The van der Waals surface area contributed by atoms with Gasteiger partial charge in [-0.2, -0.15) is 0 Å². The highest BCUT2D eigenvalue weighted by Crippen LogP contribution is 2.17. The average Bonchev–Trinajstić information content (AvgIpc) is 2.45. The second-order valence-corrected chi connectivity index (χ2v) is 4.84. The van der Waals surface area contributed by atoms with Gasteiger partial charge < -0.3 is 5.32 Å². The molecule has 1 N–H and O–H groups in total. The Kier molecular flexibility index (Phi) is 4.96. The van der Waals surface area contributed by atoms with Gasteiger partial charge in [0.2, 0.25) is 0 Å². The Labute approximate surface area is 120 Å². The minimum Gasteiger partial charge on any atom is -0.316 e. The fourth-order valence-electron chi connectivity index (χ4n) is 2.20. The van der Waals surface area contributed by atoms with Gasteiger partial charge in [0.15, 0.2) is 11.6 Å². The van der Waals surface area contributed by atoms with Crippen molar-refractivity contribution in [3.8, 4) is 0 Å². The van der Waals surface area contributed by atoms with Crippen LogP contribution in [0.1, 0.15) is 11.1 Å². The standard InChI is InChI=1S/C16H15F4N/c1-21-13(7-10-5-6-12(17)9-15(10)19)8-11-3-2-4-14(18)16(11)20/h2-6,9,13,21H,7-8H2,1H3. The molecule has 0 amide bonds. The molecular formula is C16H15F4N. The highest BCUT2D eigenvalue weighted by atomic mass is 19.2. The minimum atomic E-state index is -0.907. The maximum absolute atomic E-state index is 13.6. The van der Waals surface area contributed by atoms with Crippen LogP contribution in [0.4, 0.5) is 17.6 Å². The lowest BCUT2D eigenvalue weighted by molar-refractivity contribution is 0.478. The maximum Gasteiger partial charge on any atom is 0.162 e. The van der Waals surface area contributed by atoms with Crippen molar-refractivity contribution in [3.63, 3.8) is 0 Å². The SMILES string of the molecule is CNC(Cc1ccc(F)cc1F)Cc1cccc(F)c1F. The summed E-state index contributed by atoms with van der Waals surface area (Å²) >= 11 is 0. The second kappa shape index (κ2) is 6.72. The number of rotatable bonds is 5. The molecule has 0 heterocycles. The minimum absolute atomic E-state index is 0.205. The number of hydrogen-bond donors (Lipinski definition) is 1. The van der Waals surface area contributed by atoms with E-state index in [1.807, 2.05) is 0 Å². The molecule has 0 saturated carbocycles. The molecule has 5 heteroatoms. The first-order valence-corrected chi connectivity index (χ1v) is 6.55. The Balaban J connectivity index is 2.15. The van der Waals surface area contributed by atoms with E-state index in [2.05, 4.69) is 5.32 Å². The highest BCUT2D eigenvalue weighted by molar-refractivity contribution is 5.23. The smallest absolute Gasteiger partial charge is 0.162 e. The first-order valence-electron chi connectivity index (χ1n) is 6.55. The second-order valence-electron chi connectivity index (χ2n) is 4.84. The third-order valence-corrected chi connectivity index (χ3v) is 3.39. The van der Waals surface area contributed by atoms with Crippen molar-refractivity contribution in [2.24, 2.45) is 0 Å². The molecule has 0 aromatic heterocycles. The molecule has 2 aromatic rings. The van der Waals surface area contributed by atoms with E-state index in [1.54, 1.807) is 7.05 Å². The van der Waals surface area contributed by atoms with Gasteiger partial charge in [-0.1, -0.05) is 18.2 Å². The van der Waals surface area contributed by atoms with Crippen LogP contribution in [0.3, 0.4) is 0 Å². The van der Waals surface area contributed by atoms with Crippen LogP contribution < -0.4 is 5.32 Å². The summed E-state index contributed by atoms with van der Waals surface area (Å²) in [4.78, 5) is 0. The molecule has 1 unspecified atom stereocenters. The van der Waals surface area contributed by atoms with Gasteiger partial charge in [0.05, 0.1) is 0 Å². The zero-order valence-electron chi connectivity index (χ0n) is 11.5. The summed E-state index contributed by atoms with van der Waals surface area (Å²) < 4.78 is 53.3. The summed E-state index contributed by atoms with van der Waals surface area (Å²) in [5.74, 6) is -3.09. The van der Waals surface area contributed by atoms with Gasteiger partial charge in [-0.3, -0.25) is 0 Å². The highest BCUT2D eigenvalue weighted by Gasteiger charge is 2.15. The predicted molar refractivity (Wildman–Crippen MR) is 73.0 cm³/mol. The molecule has 0 saturated heterocycles. The molecule has 0 fully saturated rings. The number of likely N-dealkylation sites (N-methyl/N-ethyl adjacent to an activating group) is 1. The fraction of sp³-hybridized carbons (Fsp3) is 0.250. The summed E-state index contributed by atoms with van der Waals surface area (Å²) in [6.45, 7) is 0. The quantitative estimate of drug-likeness (QED) is 0.831. The van der Waals surface area contributed by atoms with Crippen LogP contribution in [-0.2, 0) is 12.8 Å². The fourth-order valence-corrected chi connectivity index (χ4v) is 2.20. The third-order valence-electron chi connectivity index (χ3n) is 3.39. The van der Waals surface area contributed by atoms with Crippen LogP contribution in [-0.4, -0.2) is 13.1 Å². The van der Waals surface area contributed by atoms with Crippen molar-refractivity contribution in [2.45, 2.75) is 18.9 Å². The number of hydrogen-bond acceptors (Lipinski definition) is 1. The van der Waals surface area contributed by atoms with E-state index >= 15 is 0 Å². The predicted octanol–water partition coefficient (Wildman–Crippen LogP) is 3.62. The number of halogens is 4. The molecule has 2 aromatic carbocycles. The van der Waals surface area contributed by atoms with Crippen molar-refractivity contribution >= 4 is 0 Å². The van der Waals surface area contributed by atoms with E-state index in [-0.39, 0.29) is 24.4 Å². The Morgan fingerprint density at radius 1 is 0.905 bits per heavy atom. The van der Waals surface area contributed by atoms with Gasteiger partial charge in [-0.05, 0) is 43.1 Å². The zero-order chi connectivity index (χ0) is 15.4. The Morgan fingerprint density at radius 2 is 1.62 bits per heavy atom. The van der Waals surface area contributed by atoms with E-state index in [4.69, 9.17) is 0 Å². The largest absolute Gasteiger partial charge is 0.316 e. The zero-order valence-corrected chi connectivity index (χ0v) is 11.5. The van der Waals surface area contributed by atoms with E-state index < -0.39 is 23.3 Å². The van der Waals surface area contributed by atoms with Crippen LogP contribution in [0, 0.1) is 23.3 Å². The number of nitrogens with one attached hydrogen (secondary N) is 1. The number of benzene rings is 2. The Bertz CT molecular complexity index is 628. The van der Waals surface area contributed by atoms with Crippen molar-refractivity contribution in [2.75, 3.05) is 7.05 Å². The van der Waals surface area contributed by atoms with Crippen molar-refractivity contribution in [1.29, 1.82) is 0 Å². The maximum atomic E-state index is 13.6. The molecule has 0 aliphatic rings. The molecule has 21 heavy (non-hydrogen) atoms. The summed E-state index contributed by atoms with van der Waals surface area (Å²) in [5.41, 5.74) is 0.546. The lowest BCUT2D eigenvalue weighted by Gasteiger charge is -2.17. The molecular weight excluding hydrogens is 282 g/mol. The lowest BCUT2D eigenvalue weighted by Crippen LogP contribution is -2.30. The third kappa shape index (κ3) is 3.82. The van der Waals surface area contributed by atoms with Gasteiger partial charge in [0, 0.05) is 12.1 Å². The van der Waals surface area contributed by atoms with Gasteiger partial charge in [0.25, 0.3) is 0 Å². The van der Waals surface area contributed by atoms with Crippen molar-refractivity contribution in [3.05, 3.63) is 70.8 Å². The van der Waals surface area contributed by atoms with Gasteiger partial charge in [-0.25, -0.2) is 17.6 Å².